The topological polar surface area (TPSA) is 32.8 Å². The molecule has 1 fully saturated rings. The number of benzene rings is 2. The molecular weight excluding hydrogens is 324 g/mol. The van der Waals surface area contributed by atoms with Crippen LogP contribution in [0.15, 0.2) is 54.6 Å². The van der Waals surface area contributed by atoms with Crippen LogP contribution in [0.25, 0.3) is 6.08 Å². The van der Waals surface area contributed by atoms with Crippen molar-refractivity contribution in [3.8, 4) is 5.75 Å². The van der Waals surface area contributed by atoms with E-state index in [-0.39, 0.29) is 5.78 Å². The molecule has 0 spiro atoms. The minimum absolute atomic E-state index is 0.0284. The summed E-state index contributed by atoms with van der Waals surface area (Å²) in [6.07, 6.45) is 3.47. The SMILES string of the molecule is COc1ccccc1C=CC(=O)c1ccccc1CN1CCN(C)CC1. The number of allylic oxidation sites excluding steroid dienone is 1. The molecule has 0 atom stereocenters. The second kappa shape index (κ2) is 8.79. The van der Waals surface area contributed by atoms with E-state index in [2.05, 4.69) is 22.9 Å². The molecular formula is C22H26N2O2. The summed E-state index contributed by atoms with van der Waals surface area (Å²) in [7, 11) is 3.79. The lowest BCUT2D eigenvalue weighted by molar-refractivity contribution is 0.104. The molecule has 0 N–H and O–H groups in total. The van der Waals surface area contributed by atoms with E-state index in [9.17, 15) is 4.79 Å². The van der Waals surface area contributed by atoms with Crippen LogP contribution < -0.4 is 4.74 Å². The highest BCUT2D eigenvalue weighted by Crippen LogP contribution is 2.20. The van der Waals surface area contributed by atoms with Crippen LogP contribution in [0, 0.1) is 0 Å². The molecule has 0 aliphatic carbocycles. The molecule has 4 heteroatoms. The molecule has 3 rings (SSSR count). The van der Waals surface area contributed by atoms with Crippen LogP contribution in [0.3, 0.4) is 0 Å². The van der Waals surface area contributed by atoms with Gasteiger partial charge in [-0.3, -0.25) is 9.69 Å². The summed E-state index contributed by atoms with van der Waals surface area (Å²) in [6, 6.07) is 15.6. The lowest BCUT2D eigenvalue weighted by Crippen LogP contribution is -2.44. The molecule has 26 heavy (non-hydrogen) atoms. The Kier molecular flexibility index (Phi) is 6.21. The van der Waals surface area contributed by atoms with Gasteiger partial charge in [0.05, 0.1) is 7.11 Å². The van der Waals surface area contributed by atoms with Gasteiger partial charge >= 0.3 is 0 Å². The Morgan fingerprint density at radius 3 is 2.50 bits per heavy atom. The van der Waals surface area contributed by atoms with Crippen molar-refractivity contribution in [2.45, 2.75) is 6.54 Å². The molecule has 1 saturated heterocycles. The predicted octanol–water partition coefficient (Wildman–Crippen LogP) is 3.34. The largest absolute Gasteiger partial charge is 0.496 e. The van der Waals surface area contributed by atoms with Gasteiger partial charge in [0.2, 0.25) is 0 Å². The molecule has 1 aliphatic heterocycles. The first-order chi connectivity index (χ1) is 12.7. The number of ether oxygens (including phenoxy) is 1. The molecule has 0 bridgehead atoms. The summed E-state index contributed by atoms with van der Waals surface area (Å²) >= 11 is 0. The van der Waals surface area contributed by atoms with Gasteiger partial charge in [-0.2, -0.15) is 0 Å². The second-order valence-electron chi connectivity index (χ2n) is 6.68. The number of nitrogens with zero attached hydrogens (tertiary/aromatic N) is 2. The van der Waals surface area contributed by atoms with Gasteiger partial charge in [-0.15, -0.1) is 0 Å². The van der Waals surface area contributed by atoms with E-state index in [0.29, 0.717) is 0 Å². The number of hydrogen-bond donors (Lipinski definition) is 0. The van der Waals surface area contributed by atoms with Gasteiger partial charge in [0.1, 0.15) is 5.75 Å². The third-order valence-corrected chi connectivity index (χ3v) is 4.83. The molecule has 0 saturated carbocycles. The second-order valence-corrected chi connectivity index (χ2v) is 6.68. The van der Waals surface area contributed by atoms with Crippen molar-refractivity contribution in [1.82, 2.24) is 9.80 Å². The van der Waals surface area contributed by atoms with Gasteiger partial charge in [-0.1, -0.05) is 42.5 Å². The van der Waals surface area contributed by atoms with E-state index in [0.717, 1.165) is 55.2 Å². The zero-order valence-corrected chi connectivity index (χ0v) is 15.5. The van der Waals surface area contributed by atoms with Gasteiger partial charge in [-0.05, 0) is 30.8 Å². The van der Waals surface area contributed by atoms with E-state index >= 15 is 0 Å². The summed E-state index contributed by atoms with van der Waals surface area (Å²) < 4.78 is 5.34. The Morgan fingerprint density at radius 2 is 1.73 bits per heavy atom. The molecule has 2 aromatic rings. The number of para-hydroxylation sites is 1. The van der Waals surface area contributed by atoms with Crippen molar-refractivity contribution in [3.63, 3.8) is 0 Å². The minimum atomic E-state index is 0.0284. The van der Waals surface area contributed by atoms with Gasteiger partial charge < -0.3 is 9.64 Å². The van der Waals surface area contributed by atoms with E-state index in [1.165, 1.54) is 0 Å². The number of methoxy groups -OCH3 is 1. The monoisotopic (exact) mass is 350 g/mol. The molecule has 0 amide bonds. The van der Waals surface area contributed by atoms with Crippen LogP contribution in [0.5, 0.6) is 5.75 Å². The molecule has 1 aliphatic rings. The highest BCUT2D eigenvalue weighted by Gasteiger charge is 2.16. The Balaban J connectivity index is 1.74. The first kappa shape index (κ1) is 18.4. The highest BCUT2D eigenvalue weighted by molar-refractivity contribution is 6.07. The van der Waals surface area contributed by atoms with Gasteiger partial charge in [-0.25, -0.2) is 0 Å². The summed E-state index contributed by atoms with van der Waals surface area (Å²) in [5, 5.41) is 0. The smallest absolute Gasteiger partial charge is 0.186 e. The maximum absolute atomic E-state index is 12.8. The number of hydrogen-bond acceptors (Lipinski definition) is 4. The van der Waals surface area contributed by atoms with Crippen molar-refractivity contribution in [1.29, 1.82) is 0 Å². The van der Waals surface area contributed by atoms with Crippen molar-refractivity contribution in [2.75, 3.05) is 40.3 Å². The number of piperazine rings is 1. The van der Waals surface area contributed by atoms with Crippen LogP contribution in [0.4, 0.5) is 0 Å². The first-order valence-corrected chi connectivity index (χ1v) is 9.01. The number of rotatable bonds is 6. The fraction of sp³-hybridized carbons (Fsp3) is 0.318. The number of likely N-dealkylation sites (N-methyl/N-ethyl adjacent to an activating group) is 1. The van der Waals surface area contributed by atoms with Crippen LogP contribution in [-0.2, 0) is 6.54 Å². The third-order valence-electron chi connectivity index (χ3n) is 4.83. The van der Waals surface area contributed by atoms with E-state index < -0.39 is 0 Å². The van der Waals surface area contributed by atoms with Gasteiger partial charge in [0.15, 0.2) is 5.78 Å². The Morgan fingerprint density at radius 1 is 1.04 bits per heavy atom. The minimum Gasteiger partial charge on any atom is -0.496 e. The molecule has 2 aromatic carbocycles. The van der Waals surface area contributed by atoms with E-state index in [4.69, 9.17) is 4.74 Å². The quantitative estimate of drug-likeness (QED) is 0.591. The van der Waals surface area contributed by atoms with Gasteiger partial charge in [0.25, 0.3) is 0 Å². The average molecular weight is 350 g/mol. The molecule has 0 aromatic heterocycles. The fourth-order valence-electron chi connectivity index (χ4n) is 3.20. The lowest BCUT2D eigenvalue weighted by atomic mass is 10.0. The summed E-state index contributed by atoms with van der Waals surface area (Å²) in [4.78, 5) is 17.5. The maximum Gasteiger partial charge on any atom is 0.186 e. The first-order valence-electron chi connectivity index (χ1n) is 9.01. The zero-order valence-electron chi connectivity index (χ0n) is 15.5. The molecule has 4 nitrogen and oxygen atoms in total. The lowest BCUT2D eigenvalue weighted by Gasteiger charge is -2.32. The van der Waals surface area contributed by atoms with Crippen LogP contribution in [0.1, 0.15) is 21.5 Å². The maximum atomic E-state index is 12.8. The molecule has 1 heterocycles. The summed E-state index contributed by atoms with van der Waals surface area (Å²) in [5.41, 5.74) is 2.77. The molecule has 0 radical (unpaired) electrons. The number of carbonyl (C=O) groups excluding carboxylic acids is 1. The fourth-order valence-corrected chi connectivity index (χ4v) is 3.20. The number of ketones is 1. The summed E-state index contributed by atoms with van der Waals surface area (Å²) in [6.45, 7) is 5.04. The molecule has 0 unspecified atom stereocenters. The van der Waals surface area contributed by atoms with Gasteiger partial charge in [0, 0.05) is 43.9 Å². The van der Waals surface area contributed by atoms with Crippen LogP contribution in [-0.4, -0.2) is 55.9 Å². The number of carbonyl (C=O) groups is 1. The normalized spacial score (nSPS) is 16.1. The Labute approximate surface area is 155 Å². The van der Waals surface area contributed by atoms with Crippen molar-refractivity contribution in [2.24, 2.45) is 0 Å². The summed E-state index contributed by atoms with van der Waals surface area (Å²) in [5.74, 6) is 0.794. The van der Waals surface area contributed by atoms with E-state index in [1.807, 2.05) is 48.5 Å². The molecule has 136 valence electrons. The highest BCUT2D eigenvalue weighted by atomic mass is 16.5. The predicted molar refractivity (Wildman–Crippen MR) is 106 cm³/mol. The third kappa shape index (κ3) is 4.59. The van der Waals surface area contributed by atoms with Crippen molar-refractivity contribution in [3.05, 3.63) is 71.3 Å². The average Bonchev–Trinajstić information content (AvgIpc) is 2.68. The van der Waals surface area contributed by atoms with Crippen molar-refractivity contribution < 1.29 is 9.53 Å². The van der Waals surface area contributed by atoms with E-state index in [1.54, 1.807) is 13.2 Å². The Hall–Kier alpha value is -2.43. The van der Waals surface area contributed by atoms with Crippen LogP contribution in [0.2, 0.25) is 0 Å². The zero-order chi connectivity index (χ0) is 18.4. The standard InChI is InChI=1S/C22H26N2O2/c1-23-13-15-24(16-14-23)17-19-8-3-5-9-20(19)21(25)12-11-18-7-4-6-10-22(18)26-2/h3-12H,13-17H2,1-2H3. The van der Waals surface area contributed by atoms with Crippen LogP contribution >= 0.6 is 0 Å². The van der Waals surface area contributed by atoms with Crippen molar-refractivity contribution >= 4 is 11.9 Å². The Bertz CT molecular complexity index is 777.